The van der Waals surface area contributed by atoms with Gasteiger partial charge in [-0.05, 0) is 32.6 Å². The Balaban J connectivity index is 0. The van der Waals surface area contributed by atoms with Gasteiger partial charge in [0.2, 0.25) is 11.8 Å². The van der Waals surface area contributed by atoms with Crippen LogP contribution in [0.15, 0.2) is 0 Å². The maximum Gasteiger partial charge on any atom is 0.305 e. The zero-order valence-electron chi connectivity index (χ0n) is 23.8. The van der Waals surface area contributed by atoms with Gasteiger partial charge in [0.05, 0.1) is 6.61 Å². The van der Waals surface area contributed by atoms with E-state index in [2.05, 4.69) is 10.6 Å². The van der Waals surface area contributed by atoms with Crippen LogP contribution in [-0.4, -0.2) is 48.6 Å². The summed E-state index contributed by atoms with van der Waals surface area (Å²) in [5, 5.41) is 14.3. The molecular weight excluding hydrogens is 474 g/mol. The van der Waals surface area contributed by atoms with E-state index in [1.807, 2.05) is 6.92 Å². The first-order valence-electron chi connectivity index (χ1n) is 14.4. The van der Waals surface area contributed by atoms with Crippen LogP contribution in [0.25, 0.3) is 0 Å². The third-order valence-electron chi connectivity index (χ3n) is 6.15. The molecule has 218 valence electrons. The summed E-state index contributed by atoms with van der Waals surface area (Å²) < 4.78 is 4.91. The smallest absolute Gasteiger partial charge is 0.305 e. The lowest BCUT2D eigenvalue weighted by molar-refractivity contribution is -0.143. The van der Waals surface area contributed by atoms with E-state index in [1.165, 1.54) is 12.8 Å². The van der Waals surface area contributed by atoms with Gasteiger partial charge in [-0.1, -0.05) is 77.0 Å². The largest absolute Gasteiger partial charge is 0.481 e. The molecule has 0 rings (SSSR count). The van der Waals surface area contributed by atoms with Crippen molar-refractivity contribution >= 4 is 23.8 Å². The maximum absolute atomic E-state index is 11.9. The molecule has 0 aromatic rings. The number of carbonyl (C=O) groups excluding carboxylic acids is 3. The molecule has 9 nitrogen and oxygen atoms in total. The van der Waals surface area contributed by atoms with Gasteiger partial charge in [-0.15, -0.1) is 0 Å². The highest BCUT2D eigenvalue weighted by Crippen LogP contribution is 2.12. The standard InChI is InChI=1S/C28H52N2O6.H3N/c1-2-36-28(35)22-18-14-10-6-4-8-12-16-20-26(32)30-24-23-29-25(31)19-15-11-7-3-5-9-13-17-21-27(33)34;/h2-24H2,1H3,(H,29,31)(H,30,32)(H,33,34);1H3/p+1. The molecule has 0 unspecified atom stereocenters. The van der Waals surface area contributed by atoms with E-state index in [0.29, 0.717) is 39.0 Å². The average molecular weight is 531 g/mol. The molecule has 0 aliphatic heterocycles. The number of rotatable bonds is 26. The zero-order chi connectivity index (χ0) is 26.7. The summed E-state index contributed by atoms with van der Waals surface area (Å²) in [6.45, 7) is 3.22. The number of carbonyl (C=O) groups is 4. The summed E-state index contributed by atoms with van der Waals surface area (Å²) in [6, 6.07) is 0. The van der Waals surface area contributed by atoms with E-state index in [-0.39, 0.29) is 30.4 Å². The minimum absolute atomic E-state index is 0. The van der Waals surface area contributed by atoms with Crippen molar-refractivity contribution in [2.24, 2.45) is 0 Å². The number of hydrogen-bond donors (Lipinski definition) is 4. The highest BCUT2D eigenvalue weighted by atomic mass is 16.5. The van der Waals surface area contributed by atoms with E-state index in [4.69, 9.17) is 9.84 Å². The van der Waals surface area contributed by atoms with Crippen LogP contribution < -0.4 is 16.8 Å². The summed E-state index contributed by atoms with van der Waals surface area (Å²) in [4.78, 5) is 45.4. The second-order valence-corrected chi connectivity index (χ2v) is 9.56. The summed E-state index contributed by atoms with van der Waals surface area (Å²) >= 11 is 0. The van der Waals surface area contributed by atoms with Crippen LogP contribution in [0.3, 0.4) is 0 Å². The Morgan fingerprint density at radius 3 is 1.22 bits per heavy atom. The first-order chi connectivity index (χ1) is 17.5. The van der Waals surface area contributed by atoms with Crippen molar-refractivity contribution in [3.05, 3.63) is 0 Å². The number of aliphatic carboxylic acids is 1. The molecule has 9 heteroatoms. The van der Waals surface area contributed by atoms with Gasteiger partial charge in [0.1, 0.15) is 0 Å². The highest BCUT2D eigenvalue weighted by molar-refractivity contribution is 5.77. The van der Waals surface area contributed by atoms with Crippen molar-refractivity contribution in [2.75, 3.05) is 19.7 Å². The Morgan fingerprint density at radius 1 is 0.541 bits per heavy atom. The van der Waals surface area contributed by atoms with Crippen LogP contribution in [0.2, 0.25) is 0 Å². The van der Waals surface area contributed by atoms with Crippen LogP contribution in [0.4, 0.5) is 0 Å². The van der Waals surface area contributed by atoms with Crippen LogP contribution in [0, 0.1) is 0 Å². The number of ether oxygens (including phenoxy) is 1. The molecule has 0 atom stereocenters. The molecule has 0 heterocycles. The van der Waals surface area contributed by atoms with E-state index in [0.717, 1.165) is 89.9 Å². The zero-order valence-corrected chi connectivity index (χ0v) is 23.8. The van der Waals surface area contributed by atoms with E-state index in [1.54, 1.807) is 0 Å². The van der Waals surface area contributed by atoms with Gasteiger partial charge in [-0.25, -0.2) is 0 Å². The van der Waals surface area contributed by atoms with Crippen molar-refractivity contribution in [1.82, 2.24) is 16.8 Å². The Labute approximate surface area is 224 Å². The van der Waals surface area contributed by atoms with Gasteiger partial charge in [-0.2, -0.15) is 0 Å². The fourth-order valence-corrected chi connectivity index (χ4v) is 4.05. The van der Waals surface area contributed by atoms with E-state index >= 15 is 0 Å². The number of amides is 2. The molecular formula is C28H56N3O6+. The molecule has 0 radical (unpaired) electrons. The average Bonchev–Trinajstić information content (AvgIpc) is 2.84. The summed E-state index contributed by atoms with van der Waals surface area (Å²) in [7, 11) is 0. The van der Waals surface area contributed by atoms with Gasteiger partial charge < -0.3 is 26.6 Å². The molecule has 0 aromatic carbocycles. The maximum atomic E-state index is 11.9. The Hall–Kier alpha value is -2.16. The predicted octanol–water partition coefficient (Wildman–Crippen LogP) is 6.04. The van der Waals surface area contributed by atoms with Crippen LogP contribution in [-0.2, 0) is 23.9 Å². The number of quaternary nitrogens is 1. The molecule has 0 saturated carbocycles. The van der Waals surface area contributed by atoms with E-state index < -0.39 is 5.97 Å². The molecule has 37 heavy (non-hydrogen) atoms. The molecule has 0 aromatic heterocycles. The monoisotopic (exact) mass is 530 g/mol. The molecule has 0 aliphatic rings. The summed E-state index contributed by atoms with van der Waals surface area (Å²) in [6.07, 6.45) is 18.5. The topological polar surface area (TPSA) is 158 Å². The second kappa shape index (κ2) is 28.4. The molecule has 7 N–H and O–H groups in total. The minimum Gasteiger partial charge on any atom is -0.481 e. The Bertz CT molecular complexity index is 586. The molecule has 0 bridgehead atoms. The first-order valence-corrected chi connectivity index (χ1v) is 14.4. The number of unbranched alkanes of at least 4 members (excludes halogenated alkanes) is 14. The van der Waals surface area contributed by atoms with E-state index in [9.17, 15) is 19.2 Å². The number of carboxylic acids is 1. The third kappa shape index (κ3) is 30.0. The minimum atomic E-state index is -0.717. The molecule has 0 spiro atoms. The summed E-state index contributed by atoms with van der Waals surface area (Å²) in [5.74, 6) is -0.726. The lowest BCUT2D eigenvalue weighted by atomic mass is 10.1. The quantitative estimate of drug-likeness (QED) is 0.0787. The molecule has 0 aliphatic carbocycles. The normalized spacial score (nSPS) is 10.4. The lowest BCUT2D eigenvalue weighted by Crippen LogP contribution is -2.34. The van der Waals surface area contributed by atoms with Gasteiger partial charge in [0.25, 0.3) is 0 Å². The van der Waals surface area contributed by atoms with Crippen LogP contribution in [0.5, 0.6) is 0 Å². The fourth-order valence-electron chi connectivity index (χ4n) is 4.05. The van der Waals surface area contributed by atoms with Gasteiger partial charge in [0.15, 0.2) is 0 Å². The van der Waals surface area contributed by atoms with Crippen molar-refractivity contribution in [3.63, 3.8) is 0 Å². The molecule has 2 amide bonds. The van der Waals surface area contributed by atoms with Crippen molar-refractivity contribution in [2.45, 2.75) is 135 Å². The number of esters is 1. The Kier molecular flexibility index (Phi) is 28.4. The number of carboxylic acid groups (broad SMARTS) is 1. The molecule has 0 fully saturated rings. The van der Waals surface area contributed by atoms with Crippen molar-refractivity contribution < 1.29 is 29.0 Å². The highest BCUT2D eigenvalue weighted by Gasteiger charge is 2.04. The molecule has 0 saturated heterocycles. The van der Waals surface area contributed by atoms with Crippen LogP contribution >= 0.6 is 0 Å². The second-order valence-electron chi connectivity index (χ2n) is 9.56. The Morgan fingerprint density at radius 2 is 0.865 bits per heavy atom. The first kappa shape index (κ1) is 37.0. The summed E-state index contributed by atoms with van der Waals surface area (Å²) in [5.41, 5.74) is 0. The van der Waals surface area contributed by atoms with Gasteiger partial charge in [0, 0.05) is 38.8 Å². The number of hydrogen-bond acceptors (Lipinski definition) is 5. The van der Waals surface area contributed by atoms with Crippen molar-refractivity contribution in [3.8, 4) is 0 Å². The van der Waals surface area contributed by atoms with Crippen molar-refractivity contribution in [1.29, 1.82) is 0 Å². The number of nitrogens with one attached hydrogen (secondary N) is 2. The van der Waals surface area contributed by atoms with Gasteiger partial charge in [-0.3, -0.25) is 19.2 Å². The fraction of sp³-hybridized carbons (Fsp3) is 0.857. The SMILES string of the molecule is CCOC(=O)CCCCCCCCCCC(=O)NCCNC(=O)CCCCCCCCCCC(=O)O.[NH4+]. The predicted molar refractivity (Wildman–Crippen MR) is 149 cm³/mol. The van der Waals surface area contributed by atoms with Gasteiger partial charge >= 0.3 is 11.9 Å². The lowest BCUT2D eigenvalue weighted by Gasteiger charge is -2.07. The third-order valence-corrected chi connectivity index (χ3v) is 6.15. The van der Waals surface area contributed by atoms with Crippen LogP contribution in [0.1, 0.15) is 135 Å².